The van der Waals surface area contributed by atoms with Crippen molar-refractivity contribution in [3.8, 4) is 0 Å². The normalized spacial score (nSPS) is 18.0. The van der Waals surface area contributed by atoms with E-state index in [9.17, 15) is 24.0 Å². The van der Waals surface area contributed by atoms with Crippen molar-refractivity contribution in [1.29, 1.82) is 0 Å². The lowest BCUT2D eigenvalue weighted by atomic mass is 10.0. The zero-order valence-corrected chi connectivity index (χ0v) is 21.7. The second kappa shape index (κ2) is 11.5. The van der Waals surface area contributed by atoms with Crippen LogP contribution in [0.1, 0.15) is 27.8 Å². The Hall–Kier alpha value is -4.84. The summed E-state index contributed by atoms with van der Waals surface area (Å²) >= 11 is 1.23. The average molecular weight is 562 g/mol. The molecule has 1 aromatic heterocycles. The number of primary amides is 1. The molecule has 1 fully saturated rings. The molecule has 0 saturated carbocycles. The highest BCUT2D eigenvalue weighted by atomic mass is 32.2. The quantitative estimate of drug-likeness (QED) is 0.173. The van der Waals surface area contributed by atoms with Gasteiger partial charge in [-0.05, 0) is 23.3 Å². The number of benzene rings is 2. The third-order valence-electron chi connectivity index (χ3n) is 6.30. The zero-order chi connectivity index (χ0) is 28.2. The Bertz CT molecular complexity index is 1430. The maximum atomic E-state index is 13.7. The predicted octanol–water partition coefficient (Wildman–Crippen LogP) is 2.54. The number of nitrogens with two attached hydrogens (primary N) is 1. The molecule has 0 spiro atoms. The molecule has 1 saturated heterocycles. The van der Waals surface area contributed by atoms with Crippen molar-refractivity contribution in [2.24, 2.45) is 5.73 Å². The number of fused-ring (bicyclic) bond motifs is 1. The lowest BCUT2D eigenvalue weighted by Crippen LogP contribution is -2.71. The van der Waals surface area contributed by atoms with Crippen molar-refractivity contribution in [1.82, 2.24) is 10.2 Å². The first kappa shape index (κ1) is 26.8. The molecule has 40 heavy (non-hydrogen) atoms. The van der Waals surface area contributed by atoms with Gasteiger partial charge in [-0.2, -0.15) is 0 Å². The van der Waals surface area contributed by atoms with E-state index in [1.54, 1.807) is 0 Å². The van der Waals surface area contributed by atoms with Crippen LogP contribution in [-0.4, -0.2) is 58.3 Å². The number of nitrogens with zero attached hydrogens (tertiary/aromatic N) is 1. The summed E-state index contributed by atoms with van der Waals surface area (Å²) in [5.74, 6) is -3.39. The molecule has 2 aromatic carbocycles. The number of furan rings is 1. The molecule has 2 atom stereocenters. The number of ether oxygens (including phenoxy) is 2. The van der Waals surface area contributed by atoms with Crippen LogP contribution in [0, 0.1) is 0 Å². The smallest absolute Gasteiger partial charge is 0.404 e. The monoisotopic (exact) mass is 561 g/mol. The number of carbonyl (C=O) groups excluding carboxylic acids is 5. The van der Waals surface area contributed by atoms with Gasteiger partial charge in [0.2, 0.25) is 0 Å². The number of amides is 3. The summed E-state index contributed by atoms with van der Waals surface area (Å²) in [7, 11) is 0. The van der Waals surface area contributed by atoms with Crippen LogP contribution in [0.2, 0.25) is 0 Å². The molecule has 11 nitrogen and oxygen atoms in total. The van der Waals surface area contributed by atoms with E-state index in [0.29, 0.717) is 16.7 Å². The van der Waals surface area contributed by atoms with Crippen LogP contribution in [0.4, 0.5) is 4.79 Å². The van der Waals surface area contributed by atoms with E-state index in [1.165, 1.54) is 35.1 Å². The van der Waals surface area contributed by atoms with Gasteiger partial charge >= 0.3 is 12.1 Å². The minimum absolute atomic E-state index is 0.102. The highest BCUT2D eigenvalue weighted by Gasteiger charge is 2.55. The van der Waals surface area contributed by atoms with Crippen LogP contribution in [-0.2, 0) is 23.9 Å². The number of ketones is 1. The first-order chi connectivity index (χ1) is 19.3. The van der Waals surface area contributed by atoms with Gasteiger partial charge < -0.3 is 24.9 Å². The van der Waals surface area contributed by atoms with Crippen molar-refractivity contribution in [2.45, 2.75) is 17.5 Å². The maximum absolute atomic E-state index is 13.7. The summed E-state index contributed by atoms with van der Waals surface area (Å²) in [4.78, 5) is 64.3. The van der Waals surface area contributed by atoms with Gasteiger partial charge in [0, 0.05) is 11.3 Å². The molecular formula is C28H23N3O8S. The van der Waals surface area contributed by atoms with Gasteiger partial charge in [-0.15, -0.1) is 11.8 Å². The number of esters is 1. The minimum Gasteiger partial charge on any atom is -0.461 e. The molecule has 3 aromatic rings. The standard InChI is InChI=1S/C28H23N3O8S/c29-28(36)38-14-18-15-40-26-20(30-24(33)22(32)19-12-7-13-37-19)25(34)31(26)21(18)27(35)39-23(16-8-3-1-4-9-16)17-10-5-2-6-11-17/h1-13,20,23,26H,14-15H2,(H2,29,36)(H,30,33). The molecule has 204 valence electrons. The van der Waals surface area contributed by atoms with Crippen LogP contribution in [0.15, 0.2) is 94.7 Å². The third kappa shape index (κ3) is 5.34. The van der Waals surface area contributed by atoms with E-state index < -0.39 is 47.2 Å². The molecule has 3 N–H and O–H groups in total. The first-order valence-corrected chi connectivity index (χ1v) is 13.2. The molecule has 5 rings (SSSR count). The maximum Gasteiger partial charge on any atom is 0.404 e. The second-order valence-electron chi connectivity index (χ2n) is 8.83. The Balaban J connectivity index is 1.41. The van der Waals surface area contributed by atoms with Crippen molar-refractivity contribution >= 4 is 41.4 Å². The number of hydrogen-bond acceptors (Lipinski definition) is 9. The van der Waals surface area contributed by atoms with Crippen molar-refractivity contribution < 1.29 is 37.9 Å². The van der Waals surface area contributed by atoms with Gasteiger partial charge in [-0.3, -0.25) is 19.3 Å². The predicted molar refractivity (Wildman–Crippen MR) is 141 cm³/mol. The summed E-state index contributed by atoms with van der Waals surface area (Å²) in [6.45, 7) is -0.335. The summed E-state index contributed by atoms with van der Waals surface area (Å²) in [6.07, 6.45) is -0.591. The van der Waals surface area contributed by atoms with Crippen LogP contribution in [0.5, 0.6) is 0 Å². The van der Waals surface area contributed by atoms with E-state index in [0.717, 1.165) is 0 Å². The molecule has 0 radical (unpaired) electrons. The van der Waals surface area contributed by atoms with Crippen molar-refractivity contribution in [3.05, 3.63) is 107 Å². The number of nitrogens with one attached hydrogen (secondary N) is 1. The van der Waals surface area contributed by atoms with Gasteiger partial charge in [0.15, 0.2) is 11.9 Å². The number of rotatable bonds is 9. The molecule has 2 aliphatic heterocycles. The Morgan fingerprint density at radius 3 is 2.23 bits per heavy atom. The molecule has 0 bridgehead atoms. The molecular weight excluding hydrogens is 538 g/mol. The van der Waals surface area contributed by atoms with Crippen LogP contribution in [0.3, 0.4) is 0 Å². The molecule has 12 heteroatoms. The lowest BCUT2D eigenvalue weighted by Gasteiger charge is -2.49. The average Bonchev–Trinajstić information content (AvgIpc) is 3.52. The Morgan fingerprint density at radius 2 is 1.65 bits per heavy atom. The Kier molecular flexibility index (Phi) is 7.69. The van der Waals surface area contributed by atoms with E-state index in [4.69, 9.17) is 19.6 Å². The topological polar surface area (TPSA) is 158 Å². The van der Waals surface area contributed by atoms with Crippen molar-refractivity contribution in [2.75, 3.05) is 12.4 Å². The molecule has 2 unspecified atom stereocenters. The van der Waals surface area contributed by atoms with Crippen LogP contribution in [0.25, 0.3) is 0 Å². The summed E-state index contributed by atoms with van der Waals surface area (Å²) in [6, 6.07) is 19.9. The van der Waals surface area contributed by atoms with E-state index >= 15 is 0 Å². The first-order valence-electron chi connectivity index (χ1n) is 12.1. The molecule has 2 aliphatic rings. The fourth-order valence-corrected chi connectivity index (χ4v) is 5.74. The van der Waals surface area contributed by atoms with Crippen LogP contribution >= 0.6 is 11.8 Å². The summed E-state index contributed by atoms with van der Waals surface area (Å²) in [5.41, 5.74) is 6.76. The number of hydrogen-bond donors (Lipinski definition) is 2. The van der Waals surface area contributed by atoms with Gasteiger partial charge in [0.25, 0.3) is 17.6 Å². The Labute approximate surface area is 232 Å². The fraction of sp³-hybridized carbons (Fsp3) is 0.179. The third-order valence-corrected chi connectivity index (χ3v) is 7.64. The number of β-lactam (4-membered cyclic amide) rings is 1. The second-order valence-corrected chi connectivity index (χ2v) is 9.94. The number of carbonyl (C=O) groups is 5. The fourth-order valence-electron chi connectivity index (χ4n) is 4.41. The van der Waals surface area contributed by atoms with Gasteiger partial charge in [0.05, 0.1) is 6.26 Å². The summed E-state index contributed by atoms with van der Waals surface area (Å²) in [5, 5.41) is 1.73. The lowest BCUT2D eigenvalue weighted by molar-refractivity contribution is -0.154. The number of thioether (sulfide) groups is 1. The Morgan fingerprint density at radius 1 is 1.00 bits per heavy atom. The van der Waals surface area contributed by atoms with Crippen molar-refractivity contribution in [3.63, 3.8) is 0 Å². The zero-order valence-electron chi connectivity index (χ0n) is 20.9. The SMILES string of the molecule is NC(=O)OCC1=C(C(=O)OC(c2ccccc2)c2ccccc2)N2C(=O)C(NC(=O)C(=O)c3ccco3)C2SC1. The van der Waals surface area contributed by atoms with E-state index in [1.807, 2.05) is 60.7 Å². The molecule has 3 amide bonds. The van der Waals surface area contributed by atoms with Gasteiger partial charge in [-0.25, -0.2) is 9.59 Å². The molecule has 0 aliphatic carbocycles. The highest BCUT2D eigenvalue weighted by molar-refractivity contribution is 8.00. The van der Waals surface area contributed by atoms with E-state index in [-0.39, 0.29) is 23.8 Å². The minimum atomic E-state index is -1.07. The number of Topliss-reactive ketones (excluding diaryl/α,β-unsaturated/α-hetero) is 1. The largest absolute Gasteiger partial charge is 0.461 e. The highest BCUT2D eigenvalue weighted by Crippen LogP contribution is 2.41. The summed E-state index contributed by atoms with van der Waals surface area (Å²) < 4.78 is 15.9. The van der Waals surface area contributed by atoms with E-state index in [2.05, 4.69) is 5.32 Å². The van der Waals surface area contributed by atoms with Crippen LogP contribution < -0.4 is 11.1 Å². The molecule has 3 heterocycles. The van der Waals surface area contributed by atoms with Gasteiger partial charge in [0.1, 0.15) is 23.7 Å². The van der Waals surface area contributed by atoms with Gasteiger partial charge in [-0.1, -0.05) is 60.7 Å².